The highest BCUT2D eigenvalue weighted by molar-refractivity contribution is 7.89. The Bertz CT molecular complexity index is 2350. The fourth-order valence-corrected chi connectivity index (χ4v) is 7.37. The zero-order valence-corrected chi connectivity index (χ0v) is 31.1. The molecule has 0 radical (unpaired) electrons. The van der Waals surface area contributed by atoms with E-state index in [-0.39, 0.29) is 17.2 Å². The summed E-state index contributed by atoms with van der Waals surface area (Å²) < 4.78 is 44.7. The number of nitrogens with one attached hydrogen (secondary N) is 2. The van der Waals surface area contributed by atoms with Crippen LogP contribution in [0.5, 0.6) is 5.75 Å². The van der Waals surface area contributed by atoms with Crippen molar-refractivity contribution in [2.24, 2.45) is 0 Å². The van der Waals surface area contributed by atoms with Gasteiger partial charge in [-0.25, -0.2) is 27.6 Å². The van der Waals surface area contributed by atoms with Gasteiger partial charge in [-0.2, -0.15) is 5.10 Å². The van der Waals surface area contributed by atoms with Crippen LogP contribution in [0.4, 0.5) is 5.82 Å². The summed E-state index contributed by atoms with van der Waals surface area (Å²) in [7, 11) is -2.17. The van der Waals surface area contributed by atoms with Gasteiger partial charge in [0.15, 0.2) is 5.82 Å². The molecule has 0 aliphatic carbocycles. The van der Waals surface area contributed by atoms with Gasteiger partial charge in [0.05, 0.1) is 29.1 Å². The Kier molecular flexibility index (Phi) is 9.68. The maximum atomic E-state index is 14.0. The third-order valence-electron chi connectivity index (χ3n) is 8.59. The van der Waals surface area contributed by atoms with Gasteiger partial charge < -0.3 is 19.4 Å². The second kappa shape index (κ2) is 13.8. The van der Waals surface area contributed by atoms with Crippen LogP contribution in [-0.4, -0.2) is 66.0 Å². The van der Waals surface area contributed by atoms with Crippen LogP contribution in [-0.2, 0) is 21.5 Å². The predicted molar refractivity (Wildman–Crippen MR) is 197 cm³/mol. The molecule has 1 atom stereocenters. The number of hydrogen-bond donors (Lipinski definition) is 2. The van der Waals surface area contributed by atoms with Gasteiger partial charge in [-0.1, -0.05) is 37.8 Å². The summed E-state index contributed by atoms with van der Waals surface area (Å²) in [5.41, 5.74) is 3.79. The summed E-state index contributed by atoms with van der Waals surface area (Å²) in [4.78, 5) is 23.4. The topological polar surface area (TPSA) is 147 Å². The number of aryl methyl sites for hydroxylation is 1. The molecule has 0 saturated carbocycles. The van der Waals surface area contributed by atoms with Crippen LogP contribution in [0.15, 0.2) is 83.0 Å². The summed E-state index contributed by atoms with van der Waals surface area (Å²) in [6.07, 6.45) is 5.18. The highest BCUT2D eigenvalue weighted by Gasteiger charge is 2.25. The van der Waals surface area contributed by atoms with E-state index in [4.69, 9.17) is 14.6 Å². The minimum atomic E-state index is -3.72. The quantitative estimate of drug-likeness (QED) is 0.115. The summed E-state index contributed by atoms with van der Waals surface area (Å²) in [6.45, 7) is 11.6. The SMILES string of the molecule is CNS(=O)(=O)c1ccc(-c2cn(COCC[Si](C)(C)C)c3ncnc(NC(C)c4nn5ccc(C)c5c(=O)n4-c4ccccc4)c23)c(OC)c1. The van der Waals surface area contributed by atoms with Gasteiger partial charge in [0.2, 0.25) is 10.0 Å². The standard InChI is InChI=1S/C35H42N8O5SSi/c1-23-15-16-42-31(23)35(44)43(25-11-9-8-10-12-25)33(40-42)24(2)39-32-30-28(27-14-13-26(19-29(27)47-4)49(45,46)36-3)20-41(34(30)38-21-37-32)22-48-17-18-50(5,6)7/h8-16,19-21,24,36H,17-18,22H2,1-7H3,(H,37,38,39). The number of benzene rings is 2. The second-order valence-corrected chi connectivity index (χ2v) is 20.9. The monoisotopic (exact) mass is 714 g/mol. The molecular weight excluding hydrogens is 673 g/mol. The number of hydrogen-bond acceptors (Lipinski definition) is 9. The normalized spacial score (nSPS) is 12.9. The van der Waals surface area contributed by atoms with Crippen molar-refractivity contribution in [1.29, 1.82) is 0 Å². The highest BCUT2D eigenvalue weighted by Crippen LogP contribution is 2.40. The molecule has 262 valence electrons. The molecule has 2 N–H and O–H groups in total. The summed E-state index contributed by atoms with van der Waals surface area (Å²) >= 11 is 0. The van der Waals surface area contributed by atoms with E-state index < -0.39 is 24.1 Å². The van der Waals surface area contributed by atoms with Gasteiger partial charge in [0, 0.05) is 44.3 Å². The van der Waals surface area contributed by atoms with Crippen LogP contribution in [0.2, 0.25) is 25.7 Å². The molecule has 0 aliphatic heterocycles. The smallest absolute Gasteiger partial charge is 0.282 e. The van der Waals surface area contributed by atoms with Gasteiger partial charge in [0.25, 0.3) is 5.56 Å². The van der Waals surface area contributed by atoms with Crippen molar-refractivity contribution in [3.63, 3.8) is 0 Å². The van der Waals surface area contributed by atoms with Crippen LogP contribution in [0.3, 0.4) is 0 Å². The van der Waals surface area contributed by atoms with Gasteiger partial charge in [0.1, 0.15) is 35.8 Å². The first-order valence-electron chi connectivity index (χ1n) is 16.3. The number of methoxy groups -OCH3 is 1. The Labute approximate surface area is 292 Å². The maximum Gasteiger partial charge on any atom is 0.282 e. The number of ether oxygens (including phenoxy) is 2. The Balaban J connectivity index is 1.49. The molecule has 6 aromatic rings. The van der Waals surface area contributed by atoms with Gasteiger partial charge in [-0.15, -0.1) is 0 Å². The number of rotatable bonds is 13. The number of aromatic nitrogens is 6. The van der Waals surface area contributed by atoms with Crippen molar-refractivity contribution in [1.82, 2.24) is 33.4 Å². The third kappa shape index (κ3) is 6.81. The molecule has 1 unspecified atom stereocenters. The van der Waals surface area contributed by atoms with Crippen LogP contribution >= 0.6 is 0 Å². The van der Waals surface area contributed by atoms with E-state index >= 15 is 0 Å². The van der Waals surface area contributed by atoms with Gasteiger partial charge in [-0.05, 0) is 62.8 Å². The summed E-state index contributed by atoms with van der Waals surface area (Å²) in [6, 6.07) is 16.5. The molecule has 4 aromatic heterocycles. The molecular formula is C35H42N8O5SSi. The molecule has 0 aliphatic rings. The Morgan fingerprint density at radius 3 is 2.48 bits per heavy atom. The Morgan fingerprint density at radius 2 is 1.78 bits per heavy atom. The molecule has 6 rings (SSSR count). The van der Waals surface area contributed by atoms with Crippen LogP contribution in [0.1, 0.15) is 24.4 Å². The predicted octanol–water partition coefficient (Wildman–Crippen LogP) is 5.61. The number of nitrogens with zero attached hydrogens (tertiary/aromatic N) is 6. The van der Waals surface area contributed by atoms with E-state index in [1.165, 1.54) is 32.6 Å². The lowest BCUT2D eigenvalue weighted by molar-refractivity contribution is 0.0899. The first-order valence-corrected chi connectivity index (χ1v) is 21.5. The molecule has 4 heterocycles. The largest absolute Gasteiger partial charge is 0.496 e. The van der Waals surface area contributed by atoms with E-state index in [1.54, 1.807) is 21.3 Å². The van der Waals surface area contributed by atoms with Crippen LogP contribution in [0.25, 0.3) is 33.4 Å². The first-order chi connectivity index (χ1) is 23.8. The fraction of sp³-hybridized carbons (Fsp3) is 0.314. The van der Waals surface area contributed by atoms with Gasteiger partial charge >= 0.3 is 0 Å². The van der Waals surface area contributed by atoms with Gasteiger partial charge in [-0.3, -0.25) is 9.36 Å². The molecule has 0 spiro atoms. The molecule has 0 bridgehead atoms. The van der Waals surface area contributed by atoms with E-state index in [2.05, 4.69) is 39.6 Å². The van der Waals surface area contributed by atoms with Crippen LogP contribution in [0, 0.1) is 6.92 Å². The number of anilines is 1. The molecule has 0 saturated heterocycles. The maximum absolute atomic E-state index is 14.0. The van der Waals surface area contributed by atoms with E-state index in [9.17, 15) is 13.2 Å². The van der Waals surface area contributed by atoms with E-state index in [0.29, 0.717) is 57.4 Å². The fourth-order valence-electron chi connectivity index (χ4n) is 5.86. The zero-order chi connectivity index (χ0) is 35.8. The first kappa shape index (κ1) is 35.0. The second-order valence-electron chi connectivity index (χ2n) is 13.3. The summed E-state index contributed by atoms with van der Waals surface area (Å²) in [5, 5.41) is 9.09. The van der Waals surface area contributed by atoms with Crippen molar-refractivity contribution in [2.75, 3.05) is 26.1 Å². The number of para-hydroxylation sites is 1. The van der Waals surface area contributed by atoms with Crippen molar-refractivity contribution < 1.29 is 17.9 Å². The molecule has 13 nitrogen and oxygen atoms in total. The lowest BCUT2D eigenvalue weighted by Gasteiger charge is -2.20. The van der Waals surface area contributed by atoms with Crippen molar-refractivity contribution in [3.05, 3.63) is 95.1 Å². The molecule has 15 heteroatoms. The van der Waals surface area contributed by atoms with Crippen LogP contribution < -0.4 is 20.3 Å². The summed E-state index contributed by atoms with van der Waals surface area (Å²) in [5.74, 6) is 1.33. The molecule has 2 aromatic carbocycles. The number of fused-ring (bicyclic) bond motifs is 2. The highest BCUT2D eigenvalue weighted by atomic mass is 32.2. The van der Waals surface area contributed by atoms with Crippen molar-refractivity contribution >= 4 is 40.5 Å². The van der Waals surface area contributed by atoms with Crippen molar-refractivity contribution in [3.8, 4) is 22.6 Å². The Morgan fingerprint density at radius 1 is 1.02 bits per heavy atom. The van der Waals surface area contributed by atoms with Crippen molar-refractivity contribution in [2.45, 2.75) is 57.2 Å². The third-order valence-corrected chi connectivity index (χ3v) is 11.7. The Hall–Kier alpha value is -4.83. The minimum Gasteiger partial charge on any atom is -0.496 e. The average Bonchev–Trinajstić information content (AvgIpc) is 3.67. The van der Waals surface area contributed by atoms with E-state index in [0.717, 1.165) is 11.6 Å². The lowest BCUT2D eigenvalue weighted by Crippen LogP contribution is -2.29. The molecule has 0 fully saturated rings. The van der Waals surface area contributed by atoms with E-state index in [1.807, 2.05) is 61.0 Å². The average molecular weight is 715 g/mol. The lowest BCUT2D eigenvalue weighted by atomic mass is 10.0. The molecule has 0 amide bonds. The number of sulfonamides is 1. The minimum absolute atomic E-state index is 0.0721. The molecule has 50 heavy (non-hydrogen) atoms. The zero-order valence-electron chi connectivity index (χ0n) is 29.3.